The number of likely N-dealkylation sites (N-methyl/N-ethyl adjacent to an activating group) is 1. The third-order valence-electron chi connectivity index (χ3n) is 6.36. The van der Waals surface area contributed by atoms with E-state index in [4.69, 9.17) is 18.9 Å². The van der Waals surface area contributed by atoms with Crippen molar-refractivity contribution in [2.24, 2.45) is 0 Å². The number of hydrogen-bond acceptors (Lipinski definition) is 5. The fourth-order valence-electron chi connectivity index (χ4n) is 4.51. The van der Waals surface area contributed by atoms with Gasteiger partial charge in [-0.1, -0.05) is 6.07 Å². The summed E-state index contributed by atoms with van der Waals surface area (Å²) in [5, 5.41) is 9.33. The summed E-state index contributed by atoms with van der Waals surface area (Å²) in [6.07, 6.45) is 1.72. The molecule has 1 heterocycles. The number of hydrogen-bond donors (Lipinski definition) is 1. The first-order chi connectivity index (χ1) is 14.8. The minimum atomic E-state index is -0.776. The number of rotatable bonds is 9. The van der Waals surface area contributed by atoms with E-state index in [0.29, 0.717) is 34.0 Å². The van der Waals surface area contributed by atoms with Crippen LogP contribution in [-0.2, 0) is 17.6 Å². The van der Waals surface area contributed by atoms with E-state index in [-0.39, 0.29) is 12.5 Å². The van der Waals surface area contributed by atoms with E-state index >= 15 is 0 Å². The van der Waals surface area contributed by atoms with E-state index in [1.807, 2.05) is 18.2 Å². The van der Waals surface area contributed by atoms with Crippen molar-refractivity contribution in [1.29, 1.82) is 0 Å². The molecule has 0 saturated heterocycles. The Bertz CT molecular complexity index is 944. The van der Waals surface area contributed by atoms with Crippen LogP contribution >= 0.6 is 0 Å². The van der Waals surface area contributed by atoms with Gasteiger partial charge in [0.05, 0.1) is 55.0 Å². The van der Waals surface area contributed by atoms with Crippen LogP contribution in [0.3, 0.4) is 0 Å². The van der Waals surface area contributed by atoms with Crippen LogP contribution in [0.5, 0.6) is 23.0 Å². The summed E-state index contributed by atoms with van der Waals surface area (Å²) in [6.45, 7) is 1.41. The molecule has 0 aliphatic carbocycles. The number of ether oxygens (including phenoxy) is 4. The summed E-state index contributed by atoms with van der Waals surface area (Å²) in [5.74, 6) is 1.99. The van der Waals surface area contributed by atoms with Crippen LogP contribution in [0, 0.1) is 0 Å². The van der Waals surface area contributed by atoms with Crippen LogP contribution in [0.1, 0.15) is 29.2 Å². The Morgan fingerprint density at radius 2 is 1.58 bits per heavy atom. The first-order valence-corrected chi connectivity index (χ1v) is 10.4. The summed E-state index contributed by atoms with van der Waals surface area (Å²) in [5.41, 5.74) is 3.49. The van der Waals surface area contributed by atoms with Gasteiger partial charge in [0.1, 0.15) is 6.04 Å². The number of quaternary nitrogens is 1. The zero-order valence-electron chi connectivity index (χ0n) is 18.9. The summed E-state index contributed by atoms with van der Waals surface area (Å²) in [6, 6.07) is 10.1. The maximum absolute atomic E-state index is 11.4. The van der Waals surface area contributed by atoms with Crippen LogP contribution in [0.25, 0.3) is 0 Å². The second-order valence-corrected chi connectivity index (χ2v) is 8.14. The predicted molar refractivity (Wildman–Crippen MR) is 117 cm³/mol. The third kappa shape index (κ3) is 4.71. The second-order valence-electron chi connectivity index (χ2n) is 8.14. The zero-order chi connectivity index (χ0) is 22.6. The van der Waals surface area contributed by atoms with Crippen molar-refractivity contribution in [3.05, 3.63) is 47.0 Å². The Morgan fingerprint density at radius 1 is 0.968 bits per heavy atom. The molecule has 7 nitrogen and oxygen atoms in total. The van der Waals surface area contributed by atoms with Crippen LogP contribution in [0.15, 0.2) is 30.3 Å². The molecule has 0 fully saturated rings. The average Bonchev–Trinajstić information content (AvgIpc) is 2.78. The number of fused-ring (bicyclic) bond motifs is 1. The molecular formula is C24H32NO6+. The molecule has 0 amide bonds. The number of methoxy groups -OCH3 is 4. The molecule has 2 atom stereocenters. The largest absolute Gasteiger partial charge is 0.493 e. The first kappa shape index (κ1) is 22.7. The first-order valence-electron chi connectivity index (χ1n) is 10.4. The normalized spacial score (nSPS) is 20.0. The van der Waals surface area contributed by atoms with E-state index in [1.165, 1.54) is 11.1 Å². The van der Waals surface area contributed by atoms with Crippen molar-refractivity contribution in [3.63, 3.8) is 0 Å². The van der Waals surface area contributed by atoms with Gasteiger partial charge < -0.3 is 28.5 Å². The molecule has 2 aromatic rings. The van der Waals surface area contributed by atoms with Gasteiger partial charge >= 0.3 is 5.97 Å². The van der Waals surface area contributed by atoms with Crippen LogP contribution in [-0.4, -0.2) is 64.1 Å². The highest BCUT2D eigenvalue weighted by Crippen LogP contribution is 2.43. The molecule has 1 N–H and O–H groups in total. The van der Waals surface area contributed by atoms with Crippen molar-refractivity contribution in [2.45, 2.75) is 25.3 Å². The highest BCUT2D eigenvalue weighted by Gasteiger charge is 2.40. The van der Waals surface area contributed by atoms with Gasteiger partial charge in [-0.25, -0.2) is 0 Å². The van der Waals surface area contributed by atoms with Gasteiger partial charge in [-0.2, -0.15) is 0 Å². The number of carboxylic acid groups (broad SMARTS) is 1. The molecule has 0 bridgehead atoms. The summed E-state index contributed by atoms with van der Waals surface area (Å²) in [4.78, 5) is 11.4. The molecule has 31 heavy (non-hydrogen) atoms. The Hall–Kier alpha value is -2.93. The van der Waals surface area contributed by atoms with Gasteiger partial charge in [0.15, 0.2) is 23.0 Å². The lowest BCUT2D eigenvalue weighted by Gasteiger charge is -2.46. The minimum absolute atomic E-state index is 0.0704. The van der Waals surface area contributed by atoms with E-state index in [9.17, 15) is 9.90 Å². The summed E-state index contributed by atoms with van der Waals surface area (Å²) in [7, 11) is 8.67. The highest BCUT2D eigenvalue weighted by atomic mass is 16.5. The molecule has 0 spiro atoms. The Balaban J connectivity index is 2.06. The Morgan fingerprint density at radius 3 is 2.19 bits per heavy atom. The molecule has 0 saturated carbocycles. The molecule has 0 radical (unpaired) electrons. The summed E-state index contributed by atoms with van der Waals surface area (Å²) >= 11 is 0. The van der Waals surface area contributed by atoms with Gasteiger partial charge in [0, 0.05) is 18.4 Å². The number of carbonyl (C=O) groups is 1. The number of benzene rings is 2. The molecular weight excluding hydrogens is 398 g/mol. The number of nitrogens with zero attached hydrogens (tertiary/aromatic N) is 1. The monoisotopic (exact) mass is 430 g/mol. The van der Waals surface area contributed by atoms with Gasteiger partial charge in [-0.05, 0) is 35.4 Å². The third-order valence-corrected chi connectivity index (χ3v) is 6.36. The Kier molecular flexibility index (Phi) is 6.95. The lowest BCUT2D eigenvalue weighted by atomic mass is 9.86. The lowest BCUT2D eigenvalue weighted by Crippen LogP contribution is -2.53. The topological polar surface area (TPSA) is 74.2 Å². The van der Waals surface area contributed by atoms with Crippen molar-refractivity contribution < 1.29 is 33.3 Å². The fourth-order valence-corrected chi connectivity index (χ4v) is 4.51. The van der Waals surface area contributed by atoms with E-state index < -0.39 is 5.97 Å². The fraction of sp³-hybridized carbons (Fsp3) is 0.458. The van der Waals surface area contributed by atoms with Gasteiger partial charge in [-0.15, -0.1) is 0 Å². The van der Waals surface area contributed by atoms with E-state index in [0.717, 1.165) is 24.9 Å². The van der Waals surface area contributed by atoms with Crippen molar-refractivity contribution in [2.75, 3.05) is 48.6 Å². The van der Waals surface area contributed by atoms with Crippen LogP contribution < -0.4 is 18.9 Å². The predicted octanol–water partition coefficient (Wildman–Crippen LogP) is 3.48. The maximum atomic E-state index is 11.4. The molecule has 7 heteroatoms. The lowest BCUT2D eigenvalue weighted by molar-refractivity contribution is -0.940. The van der Waals surface area contributed by atoms with Gasteiger partial charge in [0.25, 0.3) is 0 Å². The van der Waals surface area contributed by atoms with Crippen molar-refractivity contribution in [3.8, 4) is 23.0 Å². The van der Waals surface area contributed by atoms with Crippen molar-refractivity contribution in [1.82, 2.24) is 0 Å². The van der Waals surface area contributed by atoms with Crippen molar-refractivity contribution >= 4 is 5.97 Å². The zero-order valence-corrected chi connectivity index (χ0v) is 18.9. The van der Waals surface area contributed by atoms with Crippen LogP contribution in [0.4, 0.5) is 0 Å². The molecule has 1 aliphatic rings. The number of carboxylic acids is 1. The quantitative estimate of drug-likeness (QED) is 0.614. The Labute approximate surface area is 183 Å². The molecule has 3 rings (SSSR count). The SMILES string of the molecule is COc1ccc(C[C@H]2c3cc(OC)c(OC)cc3CC[N@@+]2(C)CCC(=O)O)cc1OC. The smallest absolute Gasteiger partial charge is 0.309 e. The summed E-state index contributed by atoms with van der Waals surface area (Å²) < 4.78 is 22.6. The molecule has 168 valence electrons. The number of aliphatic carboxylic acids is 1. The highest BCUT2D eigenvalue weighted by molar-refractivity contribution is 5.66. The van der Waals surface area contributed by atoms with Gasteiger partial charge in [0.2, 0.25) is 0 Å². The maximum Gasteiger partial charge on any atom is 0.309 e. The molecule has 2 aromatic carbocycles. The van der Waals surface area contributed by atoms with Crippen LogP contribution in [0.2, 0.25) is 0 Å². The minimum Gasteiger partial charge on any atom is -0.493 e. The molecule has 0 aromatic heterocycles. The average molecular weight is 431 g/mol. The molecule has 0 unspecified atom stereocenters. The standard InChI is InChI=1S/C24H31NO6/c1-25(11-9-24(26)27)10-8-17-14-22(30-4)23(31-5)15-18(17)19(25)12-16-6-7-20(28-2)21(13-16)29-3/h6-7,13-15,19H,8-12H2,1-5H3/p+1/t19-,25-/m0/s1. The van der Waals surface area contributed by atoms with Gasteiger partial charge in [-0.3, -0.25) is 4.79 Å². The van der Waals surface area contributed by atoms with E-state index in [1.54, 1.807) is 28.4 Å². The second kappa shape index (κ2) is 9.47. The molecule has 1 aliphatic heterocycles. The van der Waals surface area contributed by atoms with E-state index in [2.05, 4.69) is 19.2 Å².